The first-order valence-corrected chi connectivity index (χ1v) is 8.73. The summed E-state index contributed by atoms with van der Waals surface area (Å²) in [6, 6.07) is 0. The first-order chi connectivity index (χ1) is 11.4. The van der Waals surface area contributed by atoms with Crippen molar-refractivity contribution in [1.82, 2.24) is 19.4 Å². The number of nitrogens with zero attached hydrogens (tertiary/aromatic N) is 4. The maximum absolute atomic E-state index is 12.4. The van der Waals surface area contributed by atoms with Crippen LogP contribution in [0.3, 0.4) is 0 Å². The van der Waals surface area contributed by atoms with Gasteiger partial charge in [0, 0.05) is 30.9 Å². The van der Waals surface area contributed by atoms with Gasteiger partial charge in [0.2, 0.25) is 5.91 Å². The van der Waals surface area contributed by atoms with E-state index in [0.717, 1.165) is 10.7 Å². The molecule has 3 heterocycles. The fraction of sp³-hybridized carbons (Fsp3) is 0.500. The van der Waals surface area contributed by atoms with E-state index < -0.39 is 11.5 Å². The standard InChI is InChI=1S/C16H20N4O3S/c1-11-17-5-8-20(11)16(15(22)23)3-6-19(7-4-16)14(21)9-13-10-24-12(2)18-13/h5,8,10H,3-4,6-7,9H2,1-2H3,(H,22,23). The number of thiazole rings is 1. The van der Waals surface area contributed by atoms with Gasteiger partial charge in [-0.15, -0.1) is 11.3 Å². The Morgan fingerprint density at radius 3 is 2.54 bits per heavy atom. The minimum absolute atomic E-state index is 0.00152. The maximum Gasteiger partial charge on any atom is 0.330 e. The fourth-order valence-electron chi connectivity index (χ4n) is 3.27. The number of carboxylic acids is 1. The molecule has 24 heavy (non-hydrogen) atoms. The zero-order valence-corrected chi connectivity index (χ0v) is 14.5. The smallest absolute Gasteiger partial charge is 0.330 e. The molecule has 2 aromatic heterocycles. The Morgan fingerprint density at radius 1 is 1.33 bits per heavy atom. The van der Waals surface area contributed by atoms with Gasteiger partial charge in [0.05, 0.1) is 17.1 Å². The molecule has 1 saturated heterocycles. The van der Waals surface area contributed by atoms with Crippen LogP contribution in [0.25, 0.3) is 0 Å². The zero-order valence-electron chi connectivity index (χ0n) is 13.7. The molecular formula is C16H20N4O3S. The molecule has 0 aliphatic carbocycles. The van der Waals surface area contributed by atoms with Crippen molar-refractivity contribution in [2.45, 2.75) is 38.6 Å². The third-order valence-electron chi connectivity index (χ3n) is 4.63. The minimum atomic E-state index is -1.02. The molecule has 1 aliphatic rings. The largest absolute Gasteiger partial charge is 0.479 e. The number of carbonyl (C=O) groups excluding carboxylic acids is 1. The van der Waals surface area contributed by atoms with Gasteiger partial charge in [-0.05, 0) is 26.7 Å². The summed E-state index contributed by atoms with van der Waals surface area (Å²) in [5.74, 6) is -0.192. The van der Waals surface area contributed by atoms with Crippen molar-refractivity contribution in [2.24, 2.45) is 0 Å². The molecule has 1 aliphatic heterocycles. The van der Waals surface area contributed by atoms with Crippen LogP contribution in [0.2, 0.25) is 0 Å². The van der Waals surface area contributed by atoms with E-state index in [0.29, 0.717) is 31.8 Å². The highest BCUT2D eigenvalue weighted by Gasteiger charge is 2.44. The molecule has 0 saturated carbocycles. The van der Waals surface area contributed by atoms with E-state index in [-0.39, 0.29) is 12.3 Å². The molecule has 3 rings (SSSR count). The number of likely N-dealkylation sites (tertiary alicyclic amines) is 1. The molecule has 0 radical (unpaired) electrons. The van der Waals surface area contributed by atoms with Gasteiger partial charge in [0.1, 0.15) is 11.4 Å². The normalized spacial score (nSPS) is 17.0. The second kappa shape index (κ2) is 6.35. The van der Waals surface area contributed by atoms with Gasteiger partial charge in [-0.2, -0.15) is 0 Å². The number of piperidine rings is 1. The average Bonchev–Trinajstić information content (AvgIpc) is 3.16. The molecular weight excluding hydrogens is 328 g/mol. The number of carboxylic acid groups (broad SMARTS) is 1. The lowest BCUT2D eigenvalue weighted by molar-refractivity contribution is -0.152. The Balaban J connectivity index is 1.70. The molecule has 8 heteroatoms. The molecule has 0 aromatic carbocycles. The predicted molar refractivity (Wildman–Crippen MR) is 88.9 cm³/mol. The van der Waals surface area contributed by atoms with Crippen LogP contribution in [0.15, 0.2) is 17.8 Å². The molecule has 0 spiro atoms. The van der Waals surface area contributed by atoms with Crippen LogP contribution in [-0.2, 0) is 21.5 Å². The van der Waals surface area contributed by atoms with Gasteiger partial charge in [-0.1, -0.05) is 0 Å². The molecule has 0 atom stereocenters. The number of rotatable bonds is 4. The number of amides is 1. The van der Waals surface area contributed by atoms with Crippen LogP contribution < -0.4 is 0 Å². The first-order valence-electron chi connectivity index (χ1n) is 7.85. The van der Waals surface area contributed by atoms with Crippen LogP contribution in [0.5, 0.6) is 0 Å². The van der Waals surface area contributed by atoms with Crippen LogP contribution in [0, 0.1) is 13.8 Å². The van der Waals surface area contributed by atoms with Gasteiger partial charge < -0.3 is 14.6 Å². The SMILES string of the molecule is Cc1nc(CC(=O)N2CCC(C(=O)O)(n3ccnc3C)CC2)cs1. The minimum Gasteiger partial charge on any atom is -0.479 e. The molecule has 1 amide bonds. The Morgan fingerprint density at radius 2 is 2.04 bits per heavy atom. The van der Waals surface area contributed by atoms with Crippen LogP contribution in [-0.4, -0.2) is 49.5 Å². The van der Waals surface area contributed by atoms with Gasteiger partial charge in [-0.3, -0.25) is 4.79 Å². The summed E-state index contributed by atoms with van der Waals surface area (Å²) >= 11 is 1.53. The van der Waals surface area contributed by atoms with E-state index in [4.69, 9.17) is 0 Å². The van der Waals surface area contributed by atoms with Crippen LogP contribution >= 0.6 is 11.3 Å². The Labute approximate surface area is 144 Å². The van der Waals surface area contributed by atoms with Crippen molar-refractivity contribution in [3.63, 3.8) is 0 Å². The Kier molecular flexibility index (Phi) is 4.40. The van der Waals surface area contributed by atoms with Gasteiger partial charge in [0.25, 0.3) is 0 Å². The molecule has 128 valence electrons. The number of imidazole rings is 1. The number of hydrogen-bond acceptors (Lipinski definition) is 5. The van der Waals surface area contributed by atoms with E-state index in [1.807, 2.05) is 12.3 Å². The van der Waals surface area contributed by atoms with Crippen molar-refractivity contribution in [1.29, 1.82) is 0 Å². The second-order valence-corrected chi connectivity index (χ2v) is 7.16. The molecule has 1 fully saturated rings. The number of aliphatic carboxylic acids is 1. The van der Waals surface area contributed by atoms with Crippen LogP contribution in [0.1, 0.15) is 29.4 Å². The van der Waals surface area contributed by atoms with E-state index in [9.17, 15) is 14.7 Å². The lowest BCUT2D eigenvalue weighted by Gasteiger charge is -2.40. The molecule has 7 nitrogen and oxygen atoms in total. The zero-order chi connectivity index (χ0) is 17.3. The summed E-state index contributed by atoms with van der Waals surface area (Å²) in [5, 5.41) is 12.6. The average molecular weight is 348 g/mol. The monoisotopic (exact) mass is 348 g/mol. The predicted octanol–water partition coefficient (Wildman–Crippen LogP) is 1.60. The quantitative estimate of drug-likeness (QED) is 0.907. The molecule has 0 unspecified atom stereocenters. The fourth-order valence-corrected chi connectivity index (χ4v) is 3.88. The topological polar surface area (TPSA) is 88.3 Å². The lowest BCUT2D eigenvalue weighted by atomic mass is 9.86. The van der Waals surface area contributed by atoms with Crippen molar-refractivity contribution in [2.75, 3.05) is 13.1 Å². The Hall–Kier alpha value is -2.22. The lowest BCUT2D eigenvalue weighted by Crippen LogP contribution is -2.52. The van der Waals surface area contributed by atoms with Crippen molar-refractivity contribution in [3.05, 3.63) is 34.3 Å². The van der Waals surface area contributed by atoms with Gasteiger partial charge >= 0.3 is 5.97 Å². The highest BCUT2D eigenvalue weighted by molar-refractivity contribution is 7.09. The summed E-state index contributed by atoms with van der Waals surface area (Å²) in [6.07, 6.45) is 4.35. The van der Waals surface area contributed by atoms with E-state index in [2.05, 4.69) is 9.97 Å². The number of hydrogen-bond donors (Lipinski definition) is 1. The van der Waals surface area contributed by atoms with Gasteiger partial charge in [0.15, 0.2) is 0 Å². The Bertz CT molecular complexity index is 759. The van der Waals surface area contributed by atoms with Crippen LogP contribution in [0.4, 0.5) is 0 Å². The summed E-state index contributed by atoms with van der Waals surface area (Å²) in [7, 11) is 0. The number of aromatic nitrogens is 3. The molecule has 0 bridgehead atoms. The number of carbonyl (C=O) groups is 2. The van der Waals surface area contributed by atoms with Crippen molar-refractivity contribution < 1.29 is 14.7 Å². The molecule has 2 aromatic rings. The second-order valence-electron chi connectivity index (χ2n) is 6.10. The summed E-state index contributed by atoms with van der Waals surface area (Å²) in [5.41, 5.74) is -0.239. The maximum atomic E-state index is 12.4. The first kappa shape index (κ1) is 16.6. The number of aryl methyl sites for hydroxylation is 2. The van der Waals surface area contributed by atoms with E-state index >= 15 is 0 Å². The van der Waals surface area contributed by atoms with Crippen molar-refractivity contribution in [3.8, 4) is 0 Å². The summed E-state index contributed by atoms with van der Waals surface area (Å²) in [4.78, 5) is 34.6. The third kappa shape index (κ3) is 2.93. The van der Waals surface area contributed by atoms with Crippen molar-refractivity contribution >= 4 is 23.2 Å². The molecule has 1 N–H and O–H groups in total. The highest BCUT2D eigenvalue weighted by Crippen LogP contribution is 2.32. The summed E-state index contributed by atoms with van der Waals surface area (Å²) < 4.78 is 1.72. The van der Waals surface area contributed by atoms with E-state index in [1.54, 1.807) is 28.8 Å². The third-order valence-corrected chi connectivity index (χ3v) is 5.45. The van der Waals surface area contributed by atoms with Gasteiger partial charge in [-0.25, -0.2) is 14.8 Å². The summed E-state index contributed by atoms with van der Waals surface area (Å²) in [6.45, 7) is 4.55. The van der Waals surface area contributed by atoms with E-state index in [1.165, 1.54) is 11.3 Å². The highest BCUT2D eigenvalue weighted by atomic mass is 32.1.